The number of aryl methyl sites for hydroxylation is 1. The second-order valence-corrected chi connectivity index (χ2v) is 7.24. The van der Waals surface area contributed by atoms with Crippen LogP contribution in [-0.2, 0) is 16.1 Å². The summed E-state index contributed by atoms with van der Waals surface area (Å²) >= 11 is 0. The number of hydrogen-bond donors (Lipinski definition) is 1. The summed E-state index contributed by atoms with van der Waals surface area (Å²) in [5.74, 6) is 1.04. The van der Waals surface area contributed by atoms with Gasteiger partial charge in [0.15, 0.2) is 0 Å². The Morgan fingerprint density at radius 3 is 2.42 bits per heavy atom. The zero-order valence-corrected chi connectivity index (χ0v) is 16.3. The molecular weight excluding hydrogens is 326 g/mol. The molecule has 1 N–H and O–H groups in total. The predicted molar refractivity (Wildman–Crippen MR) is 105 cm³/mol. The van der Waals surface area contributed by atoms with Gasteiger partial charge in [-0.05, 0) is 55.5 Å². The maximum Gasteiger partial charge on any atom is 0.256 e. The quantitative estimate of drug-likeness (QED) is 0.728. The van der Waals surface area contributed by atoms with E-state index in [1.54, 1.807) is 7.11 Å². The third kappa shape index (κ3) is 5.33. The number of carbonyl (C=O) groups is 1. The van der Waals surface area contributed by atoms with Crippen LogP contribution in [0.5, 0.6) is 5.75 Å². The molecule has 4 nitrogen and oxygen atoms in total. The van der Waals surface area contributed by atoms with Gasteiger partial charge in [0, 0.05) is 12.8 Å². The summed E-state index contributed by atoms with van der Waals surface area (Å²) in [7, 11) is 1.58. The standard InChI is InChI=1S/C22H29NO3/c1-16(2)14-22(4,25-5)21(24)23-19-11-12-20(17(3)13-19)26-15-18-9-7-6-8-10-18/h6-13,16H,14-15H2,1-5H3,(H,23,24)/t22-/m1/s1. The largest absolute Gasteiger partial charge is 0.489 e. The zero-order valence-electron chi connectivity index (χ0n) is 16.3. The molecule has 2 aromatic carbocycles. The third-order valence-corrected chi connectivity index (χ3v) is 4.40. The Morgan fingerprint density at radius 1 is 1.15 bits per heavy atom. The molecule has 2 rings (SSSR count). The second-order valence-electron chi connectivity index (χ2n) is 7.24. The summed E-state index contributed by atoms with van der Waals surface area (Å²) in [5, 5.41) is 2.96. The van der Waals surface area contributed by atoms with Crippen LogP contribution < -0.4 is 10.1 Å². The summed E-state index contributed by atoms with van der Waals surface area (Å²) in [4.78, 5) is 12.6. The van der Waals surface area contributed by atoms with E-state index in [0.717, 1.165) is 22.6 Å². The summed E-state index contributed by atoms with van der Waals surface area (Å²) in [6.45, 7) is 8.47. The van der Waals surface area contributed by atoms with E-state index in [2.05, 4.69) is 19.2 Å². The van der Waals surface area contributed by atoms with Gasteiger partial charge in [0.25, 0.3) is 5.91 Å². The smallest absolute Gasteiger partial charge is 0.256 e. The van der Waals surface area contributed by atoms with Crippen LogP contribution in [-0.4, -0.2) is 18.6 Å². The molecule has 2 aromatic rings. The van der Waals surface area contributed by atoms with Crippen molar-refractivity contribution in [1.82, 2.24) is 0 Å². The fourth-order valence-electron chi connectivity index (χ4n) is 2.94. The molecule has 1 atom stereocenters. The van der Waals surface area contributed by atoms with Gasteiger partial charge in [0.1, 0.15) is 18.0 Å². The van der Waals surface area contributed by atoms with Crippen LogP contribution in [0.1, 0.15) is 38.3 Å². The SMILES string of the molecule is CO[C@](C)(CC(C)C)C(=O)Nc1ccc(OCc2ccccc2)c(C)c1. The van der Waals surface area contributed by atoms with Crippen molar-refractivity contribution in [3.8, 4) is 5.75 Å². The van der Waals surface area contributed by atoms with Crippen LogP contribution in [0.15, 0.2) is 48.5 Å². The van der Waals surface area contributed by atoms with E-state index in [1.165, 1.54) is 0 Å². The average Bonchev–Trinajstić information content (AvgIpc) is 2.61. The Bertz CT molecular complexity index is 727. The Labute approximate surface area is 156 Å². The number of ether oxygens (including phenoxy) is 2. The van der Waals surface area contributed by atoms with E-state index in [-0.39, 0.29) is 5.91 Å². The van der Waals surface area contributed by atoms with Gasteiger partial charge in [0.05, 0.1) is 0 Å². The van der Waals surface area contributed by atoms with E-state index in [4.69, 9.17) is 9.47 Å². The first kappa shape index (κ1) is 20.0. The summed E-state index contributed by atoms with van der Waals surface area (Å²) in [6, 6.07) is 15.7. The highest BCUT2D eigenvalue weighted by molar-refractivity contribution is 5.97. The van der Waals surface area contributed by atoms with Crippen molar-refractivity contribution in [3.63, 3.8) is 0 Å². The highest BCUT2D eigenvalue weighted by Crippen LogP contribution is 2.26. The van der Waals surface area contributed by atoms with Crippen molar-refractivity contribution in [2.45, 2.75) is 46.3 Å². The Hall–Kier alpha value is -2.33. The fraction of sp³-hybridized carbons (Fsp3) is 0.409. The number of nitrogens with one attached hydrogen (secondary N) is 1. The van der Waals surface area contributed by atoms with Gasteiger partial charge < -0.3 is 14.8 Å². The average molecular weight is 355 g/mol. The van der Waals surface area contributed by atoms with Gasteiger partial charge in [-0.1, -0.05) is 44.2 Å². The van der Waals surface area contributed by atoms with Crippen LogP contribution in [0.3, 0.4) is 0 Å². The number of benzene rings is 2. The van der Waals surface area contributed by atoms with Crippen molar-refractivity contribution >= 4 is 11.6 Å². The van der Waals surface area contributed by atoms with Crippen molar-refractivity contribution in [2.24, 2.45) is 5.92 Å². The molecule has 0 saturated heterocycles. The lowest BCUT2D eigenvalue weighted by molar-refractivity contribution is -0.137. The molecule has 0 unspecified atom stereocenters. The maximum absolute atomic E-state index is 12.6. The van der Waals surface area contributed by atoms with E-state index in [0.29, 0.717) is 18.9 Å². The van der Waals surface area contributed by atoms with Crippen molar-refractivity contribution in [1.29, 1.82) is 0 Å². The lowest BCUT2D eigenvalue weighted by Crippen LogP contribution is -2.43. The molecule has 0 bridgehead atoms. The minimum Gasteiger partial charge on any atom is -0.489 e. The van der Waals surface area contributed by atoms with Crippen LogP contribution >= 0.6 is 0 Å². The number of anilines is 1. The highest BCUT2D eigenvalue weighted by Gasteiger charge is 2.33. The minimum absolute atomic E-state index is 0.133. The van der Waals surface area contributed by atoms with E-state index in [1.807, 2.05) is 62.4 Å². The number of methoxy groups -OCH3 is 1. The molecule has 26 heavy (non-hydrogen) atoms. The first-order chi connectivity index (χ1) is 12.3. The molecule has 0 radical (unpaired) electrons. The van der Waals surface area contributed by atoms with Crippen molar-refractivity contribution < 1.29 is 14.3 Å². The first-order valence-electron chi connectivity index (χ1n) is 8.98. The minimum atomic E-state index is -0.843. The molecule has 0 saturated carbocycles. The van der Waals surface area contributed by atoms with Gasteiger partial charge in [-0.2, -0.15) is 0 Å². The van der Waals surface area contributed by atoms with Gasteiger partial charge >= 0.3 is 0 Å². The maximum atomic E-state index is 12.6. The summed E-state index contributed by atoms with van der Waals surface area (Å²) < 4.78 is 11.4. The second kappa shape index (κ2) is 8.86. The van der Waals surface area contributed by atoms with Crippen LogP contribution in [0.2, 0.25) is 0 Å². The van der Waals surface area contributed by atoms with Crippen LogP contribution in [0, 0.1) is 12.8 Å². The van der Waals surface area contributed by atoms with E-state index >= 15 is 0 Å². The topological polar surface area (TPSA) is 47.6 Å². The van der Waals surface area contributed by atoms with Crippen molar-refractivity contribution in [3.05, 3.63) is 59.7 Å². The van der Waals surface area contributed by atoms with Gasteiger partial charge in [-0.25, -0.2) is 0 Å². The fourth-order valence-corrected chi connectivity index (χ4v) is 2.94. The molecule has 0 aliphatic rings. The molecule has 0 aliphatic heterocycles. The molecule has 0 aromatic heterocycles. The normalized spacial score (nSPS) is 13.3. The van der Waals surface area contributed by atoms with Gasteiger partial charge in [-0.3, -0.25) is 4.79 Å². The number of hydrogen-bond acceptors (Lipinski definition) is 3. The molecule has 0 fully saturated rings. The Kier molecular flexibility index (Phi) is 6.81. The third-order valence-electron chi connectivity index (χ3n) is 4.40. The van der Waals surface area contributed by atoms with Crippen LogP contribution in [0.4, 0.5) is 5.69 Å². The Balaban J connectivity index is 2.03. The monoisotopic (exact) mass is 355 g/mol. The highest BCUT2D eigenvalue weighted by atomic mass is 16.5. The molecule has 0 aliphatic carbocycles. The number of rotatable bonds is 8. The van der Waals surface area contributed by atoms with E-state index < -0.39 is 5.60 Å². The first-order valence-corrected chi connectivity index (χ1v) is 8.98. The Morgan fingerprint density at radius 2 is 1.85 bits per heavy atom. The van der Waals surface area contributed by atoms with Crippen molar-refractivity contribution in [2.75, 3.05) is 12.4 Å². The molecular formula is C22H29NO3. The van der Waals surface area contributed by atoms with E-state index in [9.17, 15) is 4.79 Å². The van der Waals surface area contributed by atoms with Gasteiger partial charge in [0.2, 0.25) is 0 Å². The van der Waals surface area contributed by atoms with Crippen LogP contribution in [0.25, 0.3) is 0 Å². The van der Waals surface area contributed by atoms with Gasteiger partial charge in [-0.15, -0.1) is 0 Å². The summed E-state index contributed by atoms with van der Waals surface area (Å²) in [5.41, 5.74) is 1.99. The zero-order chi connectivity index (χ0) is 19.2. The summed E-state index contributed by atoms with van der Waals surface area (Å²) in [6.07, 6.45) is 0.659. The molecule has 140 valence electrons. The lowest BCUT2D eigenvalue weighted by atomic mass is 9.93. The molecule has 0 spiro atoms. The molecule has 1 amide bonds. The lowest BCUT2D eigenvalue weighted by Gasteiger charge is -2.28. The number of carbonyl (C=O) groups excluding carboxylic acids is 1. The molecule has 4 heteroatoms. The molecule has 0 heterocycles. The number of amides is 1. The predicted octanol–water partition coefficient (Wildman–Crippen LogP) is 4.96.